The molecule has 0 aromatic heterocycles. The first-order valence-corrected chi connectivity index (χ1v) is 7.80. The van der Waals surface area contributed by atoms with Crippen molar-refractivity contribution in [3.05, 3.63) is 52.3 Å². The van der Waals surface area contributed by atoms with E-state index < -0.39 is 17.8 Å². The van der Waals surface area contributed by atoms with Crippen molar-refractivity contribution in [2.24, 2.45) is 0 Å². The molecule has 5 nitrogen and oxygen atoms in total. The third-order valence-corrected chi connectivity index (χ3v) is 3.90. The lowest BCUT2D eigenvalue weighted by molar-refractivity contribution is -0.122. The summed E-state index contributed by atoms with van der Waals surface area (Å²) in [5, 5.41) is 2.45. The summed E-state index contributed by atoms with van der Waals surface area (Å²) in [7, 11) is 1.44. The Bertz CT molecular complexity index is 766. The van der Waals surface area contributed by atoms with Crippen molar-refractivity contribution in [3.8, 4) is 11.5 Å². The predicted molar refractivity (Wildman–Crippen MR) is 91.2 cm³/mol. The van der Waals surface area contributed by atoms with Crippen LogP contribution in [0.25, 0.3) is 0 Å². The smallest absolute Gasteiger partial charge is 0.265 e. The summed E-state index contributed by atoms with van der Waals surface area (Å²) in [6.07, 6.45) is -0.278. The molecular weight excluding hydrogens is 381 g/mol. The molecule has 0 saturated heterocycles. The Balaban J connectivity index is 2.17. The third kappa shape index (κ3) is 4.11. The number of benzene rings is 2. The van der Waals surface area contributed by atoms with E-state index in [-0.39, 0.29) is 11.4 Å². The van der Waals surface area contributed by atoms with E-state index in [0.717, 1.165) is 0 Å². The van der Waals surface area contributed by atoms with Gasteiger partial charge in [-0.2, -0.15) is 0 Å². The van der Waals surface area contributed by atoms with Crippen molar-refractivity contribution in [2.75, 3.05) is 12.4 Å². The minimum Gasteiger partial charge on any atom is -0.493 e. The Labute approximate surface area is 146 Å². The number of methoxy groups -OCH3 is 1. The fourth-order valence-electron chi connectivity index (χ4n) is 1.93. The summed E-state index contributed by atoms with van der Waals surface area (Å²) in [4.78, 5) is 23.2. The Morgan fingerprint density at radius 1 is 1.29 bits per heavy atom. The summed E-state index contributed by atoms with van der Waals surface area (Å²) in [5.41, 5.74) is 0.418. The van der Waals surface area contributed by atoms with Gasteiger partial charge in [-0.1, -0.05) is 12.1 Å². The molecule has 126 valence electrons. The van der Waals surface area contributed by atoms with Gasteiger partial charge in [0.15, 0.2) is 23.9 Å². The first-order chi connectivity index (χ1) is 11.5. The number of ether oxygens (including phenoxy) is 2. The van der Waals surface area contributed by atoms with Gasteiger partial charge >= 0.3 is 0 Å². The molecule has 0 fully saturated rings. The maximum atomic E-state index is 13.6. The lowest BCUT2D eigenvalue weighted by Crippen LogP contribution is -2.30. The SMILES string of the molecule is COc1cc(Br)c(C=O)cc1O[C@H](C)C(=O)Nc1ccccc1F. The molecule has 2 aromatic rings. The normalized spacial score (nSPS) is 11.5. The molecule has 7 heteroatoms. The molecule has 2 aromatic carbocycles. The largest absolute Gasteiger partial charge is 0.493 e. The van der Waals surface area contributed by atoms with E-state index in [4.69, 9.17) is 9.47 Å². The highest BCUT2D eigenvalue weighted by molar-refractivity contribution is 9.10. The molecular formula is C17H15BrFNO4. The highest BCUT2D eigenvalue weighted by atomic mass is 79.9. The van der Waals surface area contributed by atoms with Crippen LogP contribution in [0.3, 0.4) is 0 Å². The molecule has 0 heterocycles. The van der Waals surface area contributed by atoms with Crippen LogP contribution in [0.1, 0.15) is 17.3 Å². The Kier molecular flexibility index (Phi) is 5.92. The number of hydrogen-bond donors (Lipinski definition) is 1. The van der Waals surface area contributed by atoms with Gasteiger partial charge in [-0.15, -0.1) is 0 Å². The maximum absolute atomic E-state index is 13.6. The van der Waals surface area contributed by atoms with Gasteiger partial charge in [-0.05, 0) is 47.1 Å². The van der Waals surface area contributed by atoms with Crippen LogP contribution in [0.4, 0.5) is 10.1 Å². The third-order valence-electron chi connectivity index (χ3n) is 3.21. The van der Waals surface area contributed by atoms with Crippen LogP contribution in [-0.2, 0) is 4.79 Å². The van der Waals surface area contributed by atoms with E-state index in [2.05, 4.69) is 21.2 Å². The van der Waals surface area contributed by atoms with Gasteiger partial charge in [0.1, 0.15) is 5.82 Å². The highest BCUT2D eigenvalue weighted by Crippen LogP contribution is 2.33. The van der Waals surface area contributed by atoms with Crippen molar-refractivity contribution in [3.63, 3.8) is 0 Å². The molecule has 1 atom stereocenters. The summed E-state index contributed by atoms with van der Waals surface area (Å²) < 4.78 is 24.9. The minimum absolute atomic E-state index is 0.0642. The molecule has 1 amide bonds. The minimum atomic E-state index is -0.931. The monoisotopic (exact) mass is 395 g/mol. The summed E-state index contributed by atoms with van der Waals surface area (Å²) in [6, 6.07) is 8.86. The number of para-hydroxylation sites is 1. The van der Waals surface area contributed by atoms with Gasteiger partial charge in [0, 0.05) is 10.0 Å². The quantitative estimate of drug-likeness (QED) is 0.755. The number of nitrogens with one attached hydrogen (secondary N) is 1. The van der Waals surface area contributed by atoms with Crippen molar-refractivity contribution >= 4 is 33.8 Å². The van der Waals surface area contributed by atoms with Gasteiger partial charge in [0.25, 0.3) is 5.91 Å². The molecule has 0 aliphatic rings. The standard InChI is InChI=1S/C17H15BrFNO4/c1-10(17(22)20-14-6-4-3-5-13(14)19)24-16-7-11(9-21)12(18)8-15(16)23-2/h3-10H,1-2H3,(H,20,22)/t10-/m1/s1. The van der Waals surface area contributed by atoms with Gasteiger partial charge < -0.3 is 14.8 Å². The summed E-state index contributed by atoms with van der Waals surface area (Å²) in [5.74, 6) is -0.475. The topological polar surface area (TPSA) is 64.6 Å². The van der Waals surface area contributed by atoms with Crippen LogP contribution >= 0.6 is 15.9 Å². The number of halogens is 2. The van der Waals surface area contributed by atoms with Gasteiger partial charge in [-0.3, -0.25) is 9.59 Å². The zero-order chi connectivity index (χ0) is 17.7. The molecule has 2 rings (SSSR count). The molecule has 0 aliphatic heterocycles. The Morgan fingerprint density at radius 2 is 2.00 bits per heavy atom. The number of hydrogen-bond acceptors (Lipinski definition) is 4. The van der Waals surface area contributed by atoms with E-state index in [1.165, 1.54) is 38.3 Å². The van der Waals surface area contributed by atoms with E-state index in [0.29, 0.717) is 22.1 Å². The second kappa shape index (κ2) is 7.92. The molecule has 0 bridgehead atoms. The first-order valence-electron chi connectivity index (χ1n) is 7.01. The first kappa shape index (κ1) is 17.9. The molecule has 0 aliphatic carbocycles. The number of amides is 1. The van der Waals surface area contributed by atoms with Crippen LogP contribution in [0.2, 0.25) is 0 Å². The molecule has 1 N–H and O–H groups in total. The highest BCUT2D eigenvalue weighted by Gasteiger charge is 2.19. The van der Waals surface area contributed by atoms with Gasteiger partial charge in [0.2, 0.25) is 0 Å². The van der Waals surface area contributed by atoms with Crippen molar-refractivity contribution < 1.29 is 23.5 Å². The summed E-state index contributed by atoms with van der Waals surface area (Å²) >= 11 is 3.24. The van der Waals surface area contributed by atoms with Crippen LogP contribution in [-0.4, -0.2) is 25.4 Å². The summed E-state index contributed by atoms with van der Waals surface area (Å²) in [6.45, 7) is 1.51. The average molecular weight is 396 g/mol. The number of anilines is 1. The average Bonchev–Trinajstić information content (AvgIpc) is 2.57. The lowest BCUT2D eigenvalue weighted by Gasteiger charge is -2.17. The fraction of sp³-hybridized carbons (Fsp3) is 0.176. The molecule has 0 unspecified atom stereocenters. The number of carbonyl (C=O) groups is 2. The molecule has 0 spiro atoms. The molecule has 0 saturated carbocycles. The number of carbonyl (C=O) groups excluding carboxylic acids is 2. The van der Waals surface area contributed by atoms with Crippen molar-refractivity contribution in [1.29, 1.82) is 0 Å². The second-order valence-electron chi connectivity index (χ2n) is 4.87. The van der Waals surface area contributed by atoms with E-state index >= 15 is 0 Å². The van der Waals surface area contributed by atoms with E-state index in [1.54, 1.807) is 12.1 Å². The van der Waals surface area contributed by atoms with Crippen molar-refractivity contribution in [2.45, 2.75) is 13.0 Å². The second-order valence-corrected chi connectivity index (χ2v) is 5.73. The maximum Gasteiger partial charge on any atom is 0.265 e. The fourth-order valence-corrected chi connectivity index (χ4v) is 2.35. The van der Waals surface area contributed by atoms with Crippen LogP contribution in [0, 0.1) is 5.82 Å². The lowest BCUT2D eigenvalue weighted by atomic mass is 10.2. The van der Waals surface area contributed by atoms with Crippen LogP contribution in [0.15, 0.2) is 40.9 Å². The molecule has 0 radical (unpaired) electrons. The number of rotatable bonds is 6. The Morgan fingerprint density at radius 3 is 2.62 bits per heavy atom. The number of aldehydes is 1. The molecule has 24 heavy (non-hydrogen) atoms. The Hall–Kier alpha value is -2.41. The van der Waals surface area contributed by atoms with E-state index in [1.807, 2.05) is 0 Å². The van der Waals surface area contributed by atoms with Gasteiger partial charge in [-0.25, -0.2) is 4.39 Å². The van der Waals surface area contributed by atoms with Crippen molar-refractivity contribution in [1.82, 2.24) is 0 Å². The predicted octanol–water partition coefficient (Wildman–Crippen LogP) is 3.82. The van der Waals surface area contributed by atoms with Gasteiger partial charge in [0.05, 0.1) is 12.8 Å². The zero-order valence-electron chi connectivity index (χ0n) is 13.0. The van der Waals surface area contributed by atoms with Crippen LogP contribution < -0.4 is 14.8 Å². The van der Waals surface area contributed by atoms with Crippen LogP contribution in [0.5, 0.6) is 11.5 Å². The zero-order valence-corrected chi connectivity index (χ0v) is 14.6. The van der Waals surface area contributed by atoms with E-state index in [9.17, 15) is 14.0 Å².